The summed E-state index contributed by atoms with van der Waals surface area (Å²) in [5.74, 6) is 0.451. The number of aliphatic hydroxyl groups excluding tert-OH is 1. The lowest BCUT2D eigenvalue weighted by atomic mass is 9.85. The Morgan fingerprint density at radius 2 is 2.12 bits per heavy atom. The van der Waals surface area contributed by atoms with E-state index in [1.165, 1.54) is 25.3 Å². The Hall–Kier alpha value is -2.84. The molecule has 1 heterocycles. The number of methoxy groups -OCH3 is 1. The van der Waals surface area contributed by atoms with Gasteiger partial charge in [-0.15, -0.1) is 0 Å². The van der Waals surface area contributed by atoms with E-state index in [2.05, 4.69) is 5.32 Å². The van der Waals surface area contributed by atoms with Gasteiger partial charge in [0.15, 0.2) is 5.60 Å². The van der Waals surface area contributed by atoms with Gasteiger partial charge >= 0.3 is 0 Å². The van der Waals surface area contributed by atoms with E-state index >= 15 is 0 Å². The molecule has 0 radical (unpaired) electrons. The zero-order chi connectivity index (χ0) is 18.9. The van der Waals surface area contributed by atoms with E-state index < -0.39 is 22.7 Å². The molecule has 8 nitrogen and oxygen atoms in total. The van der Waals surface area contributed by atoms with E-state index in [1.54, 1.807) is 25.1 Å². The van der Waals surface area contributed by atoms with E-state index in [0.29, 0.717) is 22.7 Å². The van der Waals surface area contributed by atoms with Crippen molar-refractivity contribution in [2.45, 2.75) is 24.7 Å². The maximum atomic E-state index is 11.2. The molecule has 0 fully saturated rings. The first-order chi connectivity index (χ1) is 12.4. The minimum Gasteiger partial charge on any atom is -0.482 e. The largest absolute Gasteiger partial charge is 0.482 e. The van der Waals surface area contributed by atoms with Crippen molar-refractivity contribution >= 4 is 17.1 Å². The summed E-state index contributed by atoms with van der Waals surface area (Å²) < 4.78 is 11.1. The molecule has 26 heavy (non-hydrogen) atoms. The molecule has 3 rings (SSSR count). The molecule has 3 atom stereocenters. The van der Waals surface area contributed by atoms with Gasteiger partial charge in [-0.3, -0.25) is 10.1 Å². The molecule has 8 heteroatoms. The molecule has 0 bridgehead atoms. The van der Waals surface area contributed by atoms with Gasteiger partial charge in [-0.05, 0) is 25.1 Å². The van der Waals surface area contributed by atoms with Crippen LogP contribution in [0.2, 0.25) is 0 Å². The highest BCUT2D eigenvalue weighted by Crippen LogP contribution is 2.43. The highest BCUT2D eigenvalue weighted by molar-refractivity contribution is 5.67. The standard InChI is InChI=1S/C18H21N3O5/c1-18(10-25-2)17(22)16(20-14-6-4-3-5-13(14)19)12-9-11(21(23)24)7-8-15(12)26-18/h3-9,16-17,20,22H,10,19H2,1-2H3/t16-,17+,18-/m0/s1. The predicted molar refractivity (Wildman–Crippen MR) is 97.2 cm³/mol. The number of aliphatic hydroxyl groups is 1. The molecular formula is C18H21N3O5. The van der Waals surface area contributed by atoms with E-state index in [-0.39, 0.29) is 12.3 Å². The SMILES string of the molecule is COC[C@]1(C)Oc2ccc([N+](=O)[O-])cc2[C@H](Nc2ccccc2N)[C@H]1O. The monoisotopic (exact) mass is 359 g/mol. The first kappa shape index (κ1) is 18.0. The van der Waals surface area contributed by atoms with Crippen LogP contribution in [0.3, 0.4) is 0 Å². The van der Waals surface area contributed by atoms with E-state index in [4.69, 9.17) is 15.2 Å². The van der Waals surface area contributed by atoms with Crippen LogP contribution in [-0.2, 0) is 4.74 Å². The molecule has 1 aliphatic rings. The van der Waals surface area contributed by atoms with Crippen LogP contribution in [0.5, 0.6) is 5.75 Å². The minimum absolute atomic E-state index is 0.0808. The second-order valence-corrected chi connectivity index (χ2v) is 6.48. The lowest BCUT2D eigenvalue weighted by Gasteiger charge is -2.44. The Morgan fingerprint density at radius 1 is 1.38 bits per heavy atom. The predicted octanol–water partition coefficient (Wildman–Crippen LogP) is 2.49. The number of rotatable bonds is 5. The van der Waals surface area contributed by atoms with Crippen LogP contribution in [0.15, 0.2) is 42.5 Å². The first-order valence-corrected chi connectivity index (χ1v) is 8.11. The molecule has 2 aromatic rings. The average Bonchev–Trinajstić information content (AvgIpc) is 2.60. The summed E-state index contributed by atoms with van der Waals surface area (Å²) in [6.45, 7) is 1.88. The Kier molecular flexibility index (Phi) is 4.71. The van der Waals surface area contributed by atoms with Crippen molar-refractivity contribution < 1.29 is 19.5 Å². The minimum atomic E-state index is -1.03. The number of non-ortho nitro benzene ring substituents is 1. The quantitative estimate of drug-likeness (QED) is 0.426. The topological polar surface area (TPSA) is 120 Å². The molecule has 0 unspecified atom stereocenters. The molecule has 1 aliphatic heterocycles. The van der Waals surface area contributed by atoms with Crippen LogP contribution in [0.25, 0.3) is 0 Å². The van der Waals surface area contributed by atoms with Gasteiger partial charge in [0.05, 0.1) is 28.9 Å². The lowest BCUT2D eigenvalue weighted by molar-refractivity contribution is -0.385. The van der Waals surface area contributed by atoms with Crippen LogP contribution >= 0.6 is 0 Å². The fourth-order valence-corrected chi connectivity index (χ4v) is 3.17. The Morgan fingerprint density at radius 3 is 2.77 bits per heavy atom. The summed E-state index contributed by atoms with van der Waals surface area (Å²) in [6.07, 6.45) is -1.03. The summed E-state index contributed by atoms with van der Waals surface area (Å²) in [6, 6.07) is 10.8. The Balaban J connectivity index is 2.08. The number of ether oxygens (including phenoxy) is 2. The van der Waals surface area contributed by atoms with Crippen molar-refractivity contribution in [3.63, 3.8) is 0 Å². The second kappa shape index (κ2) is 6.81. The number of para-hydroxylation sites is 2. The number of nitrogens with two attached hydrogens (primary N) is 1. The van der Waals surface area contributed by atoms with E-state index in [1.807, 2.05) is 6.07 Å². The number of fused-ring (bicyclic) bond motifs is 1. The van der Waals surface area contributed by atoms with Crippen LogP contribution in [0, 0.1) is 10.1 Å². The number of hydrogen-bond donors (Lipinski definition) is 3. The highest BCUT2D eigenvalue weighted by Gasteiger charge is 2.47. The smallest absolute Gasteiger partial charge is 0.270 e. The fraction of sp³-hybridized carbons (Fsp3) is 0.333. The summed E-state index contributed by atoms with van der Waals surface area (Å²) in [5.41, 5.74) is 6.51. The van der Waals surface area contributed by atoms with Crippen molar-refractivity contribution in [3.05, 3.63) is 58.1 Å². The molecule has 138 valence electrons. The molecule has 0 spiro atoms. The first-order valence-electron chi connectivity index (χ1n) is 8.11. The van der Waals surface area contributed by atoms with Crippen LogP contribution < -0.4 is 15.8 Å². The summed E-state index contributed by atoms with van der Waals surface area (Å²) in [4.78, 5) is 10.7. The van der Waals surface area contributed by atoms with Crippen molar-refractivity contribution in [1.29, 1.82) is 0 Å². The number of nitro benzene ring substituents is 1. The van der Waals surface area contributed by atoms with Gasteiger partial charge < -0.3 is 25.6 Å². The van der Waals surface area contributed by atoms with Gasteiger partial charge in [0.1, 0.15) is 11.9 Å². The molecule has 0 amide bonds. The normalized spacial score (nSPS) is 24.4. The second-order valence-electron chi connectivity index (χ2n) is 6.48. The maximum Gasteiger partial charge on any atom is 0.270 e. The lowest BCUT2D eigenvalue weighted by Crippen LogP contribution is -2.55. The van der Waals surface area contributed by atoms with E-state index in [0.717, 1.165) is 0 Å². The van der Waals surface area contributed by atoms with Gasteiger partial charge in [-0.25, -0.2) is 0 Å². The zero-order valence-electron chi connectivity index (χ0n) is 14.5. The Labute approximate surface area is 150 Å². The number of nitro groups is 1. The molecule has 4 N–H and O–H groups in total. The van der Waals surface area contributed by atoms with Gasteiger partial charge in [-0.2, -0.15) is 0 Å². The highest BCUT2D eigenvalue weighted by atomic mass is 16.6. The van der Waals surface area contributed by atoms with Crippen molar-refractivity contribution in [2.24, 2.45) is 0 Å². The molecule has 0 aliphatic carbocycles. The van der Waals surface area contributed by atoms with E-state index in [9.17, 15) is 15.2 Å². The van der Waals surface area contributed by atoms with Crippen LogP contribution in [-0.4, -0.2) is 35.5 Å². The number of anilines is 2. The molecule has 2 aromatic carbocycles. The van der Waals surface area contributed by atoms with Gasteiger partial charge in [0.25, 0.3) is 5.69 Å². The third-order valence-electron chi connectivity index (χ3n) is 4.53. The van der Waals surface area contributed by atoms with Crippen molar-refractivity contribution in [3.8, 4) is 5.75 Å². The fourth-order valence-electron chi connectivity index (χ4n) is 3.17. The van der Waals surface area contributed by atoms with Gasteiger partial charge in [0.2, 0.25) is 0 Å². The molecule has 0 saturated carbocycles. The Bertz CT molecular complexity index is 828. The maximum absolute atomic E-state index is 11.2. The number of benzene rings is 2. The molecular weight excluding hydrogens is 338 g/mol. The number of nitrogens with zero attached hydrogens (tertiary/aromatic N) is 1. The summed E-state index contributed by atoms with van der Waals surface area (Å²) in [7, 11) is 1.52. The van der Waals surface area contributed by atoms with Gasteiger partial charge in [0, 0.05) is 24.8 Å². The average molecular weight is 359 g/mol. The summed E-state index contributed by atoms with van der Waals surface area (Å²) >= 11 is 0. The molecule has 0 aromatic heterocycles. The number of hydrogen-bond acceptors (Lipinski definition) is 7. The van der Waals surface area contributed by atoms with Crippen molar-refractivity contribution in [1.82, 2.24) is 0 Å². The van der Waals surface area contributed by atoms with Gasteiger partial charge in [-0.1, -0.05) is 12.1 Å². The third-order valence-corrected chi connectivity index (χ3v) is 4.53. The summed E-state index contributed by atoms with van der Waals surface area (Å²) in [5, 5.41) is 25.3. The zero-order valence-corrected chi connectivity index (χ0v) is 14.5. The molecule has 0 saturated heterocycles. The van der Waals surface area contributed by atoms with Crippen LogP contribution in [0.4, 0.5) is 17.1 Å². The van der Waals surface area contributed by atoms with Crippen LogP contribution in [0.1, 0.15) is 18.5 Å². The van der Waals surface area contributed by atoms with Crippen molar-refractivity contribution in [2.75, 3.05) is 24.8 Å². The third kappa shape index (κ3) is 3.16. The number of nitrogen functional groups attached to an aromatic ring is 1. The number of nitrogens with one attached hydrogen (secondary N) is 1.